The average molecular weight is 324 g/mol. The van der Waals surface area contributed by atoms with Crippen molar-refractivity contribution >= 4 is 39.8 Å². The van der Waals surface area contributed by atoms with Gasteiger partial charge in [0.25, 0.3) is 0 Å². The van der Waals surface area contributed by atoms with E-state index in [1.165, 1.54) is 33.0 Å². The first-order valence-electron chi connectivity index (χ1n) is 7.41. The topological polar surface area (TPSA) is 44.5 Å². The van der Waals surface area contributed by atoms with Crippen LogP contribution in [-0.2, 0) is 0 Å². The monoisotopic (exact) mass is 323 g/mol. The maximum atomic E-state index is 4.41. The highest BCUT2D eigenvalue weighted by Crippen LogP contribution is 2.31. The van der Waals surface area contributed by atoms with Crippen LogP contribution in [0.3, 0.4) is 0 Å². The molecule has 0 aliphatic carbocycles. The van der Waals surface area contributed by atoms with Crippen LogP contribution in [-0.4, -0.2) is 15.0 Å². The van der Waals surface area contributed by atoms with Crippen LogP contribution in [0.2, 0.25) is 0 Å². The molecule has 0 saturated carbocycles. The van der Waals surface area contributed by atoms with Gasteiger partial charge in [0.1, 0.15) is 0 Å². The van der Waals surface area contributed by atoms with Crippen LogP contribution in [0.5, 0.6) is 0 Å². The minimum atomic E-state index is 0. The smallest absolute Gasteiger partial charge is 0.0927 e. The highest BCUT2D eigenvalue weighted by atomic mass is 35.5. The quantitative estimate of drug-likeness (QED) is 0.516. The van der Waals surface area contributed by atoms with E-state index in [2.05, 4.69) is 71.3 Å². The van der Waals surface area contributed by atoms with Crippen LogP contribution in [0.25, 0.3) is 27.4 Å². The second kappa shape index (κ2) is 5.94. The first kappa shape index (κ1) is 15.4. The van der Waals surface area contributed by atoms with E-state index in [0.717, 1.165) is 11.2 Å². The van der Waals surface area contributed by atoms with E-state index in [0.29, 0.717) is 0 Å². The molecule has 3 nitrogen and oxygen atoms in total. The predicted octanol–water partition coefficient (Wildman–Crippen LogP) is 5.31. The highest BCUT2D eigenvalue weighted by molar-refractivity contribution is 6.08. The van der Waals surface area contributed by atoms with Crippen molar-refractivity contribution in [3.8, 4) is 0 Å². The Hall–Kier alpha value is -2.52. The van der Waals surface area contributed by atoms with Gasteiger partial charge in [-0.2, -0.15) is 0 Å². The zero-order valence-corrected chi connectivity index (χ0v) is 13.9. The molecule has 0 saturated heterocycles. The second-order valence-corrected chi connectivity index (χ2v) is 5.76. The number of rotatable bonds is 2. The molecule has 0 atom stereocenters. The zero-order valence-electron chi connectivity index (χ0n) is 13.1. The van der Waals surface area contributed by atoms with E-state index < -0.39 is 0 Å². The Bertz CT molecular complexity index is 990. The van der Waals surface area contributed by atoms with Gasteiger partial charge in [0.15, 0.2) is 0 Å². The molecule has 2 aromatic heterocycles. The van der Waals surface area contributed by atoms with Crippen molar-refractivity contribution in [1.82, 2.24) is 15.0 Å². The number of aromatic nitrogens is 3. The van der Waals surface area contributed by atoms with Crippen LogP contribution in [0.15, 0.2) is 60.6 Å². The van der Waals surface area contributed by atoms with Gasteiger partial charge in [-0.3, -0.25) is 0 Å². The van der Waals surface area contributed by atoms with E-state index in [1.807, 2.05) is 6.20 Å². The Kier molecular flexibility index (Phi) is 3.97. The Labute approximate surface area is 140 Å². The summed E-state index contributed by atoms with van der Waals surface area (Å²) in [6.45, 7) is 4.25. The van der Waals surface area contributed by atoms with Gasteiger partial charge in [-0.25, -0.2) is 4.98 Å². The first-order valence-corrected chi connectivity index (χ1v) is 7.41. The normalized spacial score (nSPS) is 10.7. The lowest BCUT2D eigenvalue weighted by Gasteiger charge is -2.08. The summed E-state index contributed by atoms with van der Waals surface area (Å²) in [5.74, 6) is 0. The number of nitrogens with one attached hydrogen (secondary N) is 2. The van der Waals surface area contributed by atoms with Gasteiger partial charge in [-0.1, -0.05) is 35.9 Å². The van der Waals surface area contributed by atoms with Crippen molar-refractivity contribution in [2.24, 2.45) is 0 Å². The average Bonchev–Trinajstić information content (AvgIpc) is 3.14. The van der Waals surface area contributed by atoms with Crippen molar-refractivity contribution in [3.05, 3.63) is 71.8 Å². The molecular formula is C19H18ClN3. The lowest BCUT2D eigenvalue weighted by molar-refractivity contribution is 1.28. The molecule has 4 rings (SSSR count). The number of para-hydroxylation sites is 1. The van der Waals surface area contributed by atoms with E-state index in [-0.39, 0.29) is 12.4 Å². The molecule has 0 unspecified atom stereocenters. The number of H-pyrrole nitrogens is 2. The van der Waals surface area contributed by atoms with Crippen LogP contribution < -0.4 is 0 Å². The molecule has 2 heterocycles. The molecule has 0 radical (unpaired) electrons. The minimum Gasteiger partial charge on any atom is -0.354 e. The van der Waals surface area contributed by atoms with E-state index in [9.17, 15) is 0 Å². The van der Waals surface area contributed by atoms with Crippen LogP contribution in [0.1, 0.15) is 25.1 Å². The fraction of sp³-hybridized carbons (Fsp3) is 0.105. The number of nitrogens with zero attached hydrogens (tertiary/aromatic N) is 1. The molecule has 0 spiro atoms. The lowest BCUT2D eigenvalue weighted by Crippen LogP contribution is -1.91. The van der Waals surface area contributed by atoms with E-state index in [4.69, 9.17) is 0 Å². The minimum absolute atomic E-state index is 0. The maximum absolute atomic E-state index is 4.41. The van der Waals surface area contributed by atoms with Crippen LogP contribution >= 0.6 is 12.4 Å². The predicted molar refractivity (Wildman–Crippen MR) is 99.0 cm³/mol. The molecule has 4 aromatic rings. The van der Waals surface area contributed by atoms with Crippen LogP contribution in [0.4, 0.5) is 0 Å². The molecule has 0 aliphatic rings. The molecule has 116 valence electrons. The molecule has 0 bridgehead atoms. The molecule has 0 amide bonds. The van der Waals surface area contributed by atoms with Gasteiger partial charge in [-0.05, 0) is 31.5 Å². The largest absolute Gasteiger partial charge is 0.354 e. The third-order valence-electron chi connectivity index (χ3n) is 4.05. The number of allylic oxidation sites excluding steroid dienone is 1. The van der Waals surface area contributed by atoms with Crippen molar-refractivity contribution in [2.75, 3.05) is 0 Å². The van der Waals surface area contributed by atoms with Gasteiger partial charge in [0, 0.05) is 33.6 Å². The van der Waals surface area contributed by atoms with Gasteiger partial charge >= 0.3 is 0 Å². The Morgan fingerprint density at radius 1 is 0.957 bits per heavy atom. The van der Waals surface area contributed by atoms with Gasteiger partial charge in [0.2, 0.25) is 0 Å². The number of imidazole rings is 1. The highest BCUT2D eigenvalue weighted by Gasteiger charge is 2.11. The molecule has 2 N–H and O–H groups in total. The van der Waals surface area contributed by atoms with Gasteiger partial charge in [0.05, 0.1) is 12.0 Å². The fourth-order valence-corrected chi connectivity index (χ4v) is 3.10. The van der Waals surface area contributed by atoms with Gasteiger partial charge < -0.3 is 9.97 Å². The summed E-state index contributed by atoms with van der Waals surface area (Å²) < 4.78 is 0. The molecule has 2 aromatic carbocycles. The number of halogens is 1. The molecule has 4 heteroatoms. The number of hydrogen-bond acceptors (Lipinski definition) is 1. The zero-order chi connectivity index (χ0) is 15.1. The Morgan fingerprint density at radius 2 is 1.74 bits per heavy atom. The standard InChI is InChI=1S/C19H17N3.ClH/c1-12(2)19(18-10-20-11-21-18)13-7-8-15-14-5-3-4-6-16(14)22-17(15)9-13;/h3-11,22H,1-2H3,(H,20,21);1H. The molecule has 23 heavy (non-hydrogen) atoms. The molecular weight excluding hydrogens is 306 g/mol. The summed E-state index contributed by atoms with van der Waals surface area (Å²) in [4.78, 5) is 11.0. The van der Waals surface area contributed by atoms with Crippen molar-refractivity contribution in [3.63, 3.8) is 0 Å². The summed E-state index contributed by atoms with van der Waals surface area (Å²) >= 11 is 0. The summed E-state index contributed by atoms with van der Waals surface area (Å²) in [5, 5.41) is 2.53. The van der Waals surface area contributed by atoms with E-state index >= 15 is 0 Å². The summed E-state index contributed by atoms with van der Waals surface area (Å²) in [7, 11) is 0. The lowest BCUT2D eigenvalue weighted by atomic mass is 9.97. The van der Waals surface area contributed by atoms with Crippen molar-refractivity contribution in [2.45, 2.75) is 13.8 Å². The maximum Gasteiger partial charge on any atom is 0.0927 e. The summed E-state index contributed by atoms with van der Waals surface area (Å²) in [6, 6.07) is 15.0. The number of aromatic amines is 2. The van der Waals surface area contributed by atoms with E-state index in [1.54, 1.807) is 6.33 Å². The second-order valence-electron chi connectivity index (χ2n) is 5.76. The summed E-state index contributed by atoms with van der Waals surface area (Å²) in [6.07, 6.45) is 3.66. The SMILES string of the molecule is CC(C)=C(c1ccc2c(c1)[nH]c1ccccc12)c1c[nH]cn1.Cl. The van der Waals surface area contributed by atoms with Gasteiger partial charge in [-0.15, -0.1) is 12.4 Å². The Balaban J connectivity index is 0.00000156. The van der Waals surface area contributed by atoms with Crippen molar-refractivity contribution < 1.29 is 0 Å². The summed E-state index contributed by atoms with van der Waals surface area (Å²) in [5.41, 5.74) is 6.94. The molecule has 0 aliphatic heterocycles. The first-order chi connectivity index (χ1) is 10.7. The Morgan fingerprint density at radius 3 is 2.48 bits per heavy atom. The fourth-order valence-electron chi connectivity index (χ4n) is 3.10. The van der Waals surface area contributed by atoms with Crippen LogP contribution in [0, 0.1) is 0 Å². The number of fused-ring (bicyclic) bond motifs is 3. The van der Waals surface area contributed by atoms with Crippen molar-refractivity contribution in [1.29, 1.82) is 0 Å². The number of hydrogen-bond donors (Lipinski definition) is 2. The third-order valence-corrected chi connectivity index (χ3v) is 4.05. The molecule has 0 fully saturated rings. The number of benzene rings is 2. The third kappa shape index (κ3) is 2.53.